The molecule has 158 valence electrons. The van der Waals surface area contributed by atoms with Gasteiger partial charge in [0.2, 0.25) is 0 Å². The predicted octanol–water partition coefficient (Wildman–Crippen LogP) is 3.03. The highest BCUT2D eigenvalue weighted by Gasteiger charge is 2.16. The van der Waals surface area contributed by atoms with Crippen molar-refractivity contribution in [2.45, 2.75) is 45.8 Å². The van der Waals surface area contributed by atoms with Gasteiger partial charge in [-0.3, -0.25) is 10.3 Å². The zero-order chi connectivity index (χ0) is 21.1. The Balaban J connectivity index is 1.66. The molecule has 3 N–H and O–H groups in total. The Morgan fingerprint density at radius 3 is 2.52 bits per heavy atom. The van der Waals surface area contributed by atoms with Gasteiger partial charge in [-0.15, -0.1) is 0 Å². The van der Waals surface area contributed by atoms with E-state index in [4.69, 9.17) is 4.74 Å². The van der Waals surface area contributed by atoms with Crippen molar-refractivity contribution in [3.05, 3.63) is 48.5 Å². The van der Waals surface area contributed by atoms with Crippen LogP contribution in [0.1, 0.15) is 32.8 Å². The van der Waals surface area contributed by atoms with E-state index >= 15 is 0 Å². The van der Waals surface area contributed by atoms with Gasteiger partial charge in [0.05, 0.1) is 6.33 Å². The van der Waals surface area contributed by atoms with Gasteiger partial charge in [-0.2, -0.15) is 0 Å². The number of anilines is 1. The lowest BCUT2D eigenvalue weighted by Gasteiger charge is -2.19. The van der Waals surface area contributed by atoms with Gasteiger partial charge in [-0.05, 0) is 51.3 Å². The van der Waals surface area contributed by atoms with Gasteiger partial charge in [0, 0.05) is 44.8 Å². The molecule has 8 heteroatoms. The number of hydrogen-bond acceptors (Lipinski definition) is 4. The second kappa shape index (κ2) is 11.1. The fourth-order valence-corrected chi connectivity index (χ4v) is 2.61. The highest BCUT2D eigenvalue weighted by Crippen LogP contribution is 2.13. The van der Waals surface area contributed by atoms with Crippen molar-refractivity contribution >= 4 is 17.7 Å². The predicted molar refractivity (Wildman–Crippen MR) is 116 cm³/mol. The number of hydrogen-bond donors (Lipinski definition) is 3. The molecule has 0 aliphatic carbocycles. The smallest absolute Gasteiger partial charge is 0.412 e. The van der Waals surface area contributed by atoms with Gasteiger partial charge in [0.15, 0.2) is 5.96 Å². The minimum Gasteiger partial charge on any atom is -0.444 e. The van der Waals surface area contributed by atoms with Gasteiger partial charge in [0.1, 0.15) is 5.60 Å². The summed E-state index contributed by atoms with van der Waals surface area (Å²) in [5, 5.41) is 9.36. The average molecular weight is 401 g/mol. The summed E-state index contributed by atoms with van der Waals surface area (Å²) in [5.74, 6) is 0.791. The number of nitrogens with one attached hydrogen (secondary N) is 3. The standard InChI is InChI=1S/C21H32N6O2/c1-21(2,3)29-20(28)26-18-8-6-17(7-9-18)10-12-25-19(22-4)24-11-5-14-27-15-13-23-16-27/h6-9,13,15-16H,5,10-12,14H2,1-4H3,(H,26,28)(H2,22,24,25). The number of aliphatic imine (C=N–C) groups is 1. The van der Waals surface area contributed by atoms with Crippen LogP contribution in [-0.2, 0) is 17.7 Å². The maximum atomic E-state index is 11.8. The summed E-state index contributed by atoms with van der Waals surface area (Å²) < 4.78 is 7.31. The van der Waals surface area contributed by atoms with Crippen LogP contribution in [0.4, 0.5) is 10.5 Å². The number of imidazole rings is 1. The number of carbonyl (C=O) groups is 1. The van der Waals surface area contributed by atoms with Crippen LogP contribution in [-0.4, -0.2) is 47.3 Å². The van der Waals surface area contributed by atoms with Gasteiger partial charge >= 0.3 is 6.09 Å². The van der Waals surface area contributed by atoms with E-state index in [1.165, 1.54) is 5.56 Å². The molecule has 0 aliphatic rings. The minimum absolute atomic E-state index is 0.449. The zero-order valence-electron chi connectivity index (χ0n) is 17.7. The lowest BCUT2D eigenvalue weighted by atomic mass is 10.1. The number of guanidine groups is 1. The number of carbonyl (C=O) groups excluding carboxylic acids is 1. The molecule has 0 spiro atoms. The molecule has 1 amide bonds. The lowest BCUT2D eigenvalue weighted by Crippen LogP contribution is -2.38. The van der Waals surface area contributed by atoms with E-state index in [2.05, 4.69) is 30.5 Å². The molecule has 2 rings (SSSR count). The number of aromatic nitrogens is 2. The summed E-state index contributed by atoms with van der Waals surface area (Å²) in [6, 6.07) is 7.75. The van der Waals surface area contributed by atoms with Gasteiger partial charge in [0.25, 0.3) is 0 Å². The van der Waals surface area contributed by atoms with E-state index in [-0.39, 0.29) is 0 Å². The molecule has 0 bridgehead atoms. The molecule has 1 aromatic heterocycles. The van der Waals surface area contributed by atoms with E-state index < -0.39 is 11.7 Å². The van der Waals surface area contributed by atoms with Crippen LogP contribution in [0.5, 0.6) is 0 Å². The fourth-order valence-electron chi connectivity index (χ4n) is 2.61. The van der Waals surface area contributed by atoms with E-state index in [9.17, 15) is 4.79 Å². The topological polar surface area (TPSA) is 92.6 Å². The second-order valence-corrected chi connectivity index (χ2v) is 7.65. The van der Waals surface area contributed by atoms with Crippen LogP contribution in [0, 0.1) is 0 Å². The quantitative estimate of drug-likeness (QED) is 0.360. The van der Waals surface area contributed by atoms with E-state index in [1.54, 1.807) is 13.2 Å². The third-order valence-corrected chi connectivity index (χ3v) is 3.97. The van der Waals surface area contributed by atoms with Gasteiger partial charge in [-0.25, -0.2) is 9.78 Å². The third-order valence-electron chi connectivity index (χ3n) is 3.97. The molecule has 0 atom stereocenters. The van der Waals surface area contributed by atoms with Gasteiger partial charge < -0.3 is 19.9 Å². The highest BCUT2D eigenvalue weighted by molar-refractivity contribution is 5.84. The van der Waals surface area contributed by atoms with E-state index in [0.717, 1.165) is 38.4 Å². The normalized spacial score (nSPS) is 11.8. The Morgan fingerprint density at radius 2 is 1.90 bits per heavy atom. The van der Waals surface area contributed by atoms with Crippen molar-refractivity contribution in [2.75, 3.05) is 25.5 Å². The van der Waals surface area contributed by atoms with Crippen LogP contribution in [0.2, 0.25) is 0 Å². The Kier molecular flexibility index (Phi) is 8.51. The summed E-state index contributed by atoms with van der Waals surface area (Å²) in [6.45, 7) is 8.04. The van der Waals surface area contributed by atoms with Crippen molar-refractivity contribution < 1.29 is 9.53 Å². The Bertz CT molecular complexity index is 763. The first-order valence-electron chi connectivity index (χ1n) is 9.85. The summed E-state index contributed by atoms with van der Waals surface area (Å²) >= 11 is 0. The summed E-state index contributed by atoms with van der Waals surface area (Å²) in [4.78, 5) is 20.1. The monoisotopic (exact) mass is 400 g/mol. The molecule has 1 aromatic carbocycles. The Labute approximate surface area is 172 Å². The van der Waals surface area contributed by atoms with Gasteiger partial charge in [-0.1, -0.05) is 12.1 Å². The van der Waals surface area contributed by atoms with Crippen molar-refractivity contribution in [3.63, 3.8) is 0 Å². The SMILES string of the molecule is CN=C(NCCCn1ccnc1)NCCc1ccc(NC(=O)OC(C)(C)C)cc1. The Hall–Kier alpha value is -3.03. The number of aryl methyl sites for hydroxylation is 1. The summed E-state index contributed by atoms with van der Waals surface area (Å²) in [7, 11) is 1.77. The minimum atomic E-state index is -0.512. The van der Waals surface area contributed by atoms with Crippen LogP contribution >= 0.6 is 0 Å². The number of rotatable bonds is 8. The molecule has 29 heavy (non-hydrogen) atoms. The largest absolute Gasteiger partial charge is 0.444 e. The van der Waals surface area contributed by atoms with E-state index in [0.29, 0.717) is 5.69 Å². The van der Waals surface area contributed by atoms with Crippen molar-refractivity contribution in [1.29, 1.82) is 0 Å². The number of benzene rings is 1. The highest BCUT2D eigenvalue weighted by atomic mass is 16.6. The fraction of sp³-hybridized carbons (Fsp3) is 0.476. The number of ether oxygens (including phenoxy) is 1. The number of amides is 1. The molecule has 0 unspecified atom stereocenters. The molecule has 0 saturated carbocycles. The van der Waals surface area contributed by atoms with Crippen LogP contribution < -0.4 is 16.0 Å². The number of nitrogens with zero attached hydrogens (tertiary/aromatic N) is 3. The molecule has 0 fully saturated rings. The first kappa shape index (κ1) is 22.3. The zero-order valence-corrected chi connectivity index (χ0v) is 17.7. The summed E-state index contributed by atoms with van der Waals surface area (Å²) in [5.41, 5.74) is 1.37. The van der Waals surface area contributed by atoms with Crippen molar-refractivity contribution in [1.82, 2.24) is 20.2 Å². The van der Waals surface area contributed by atoms with Crippen molar-refractivity contribution in [3.8, 4) is 0 Å². The van der Waals surface area contributed by atoms with Crippen molar-refractivity contribution in [2.24, 2.45) is 4.99 Å². The van der Waals surface area contributed by atoms with E-state index in [1.807, 2.05) is 57.6 Å². The maximum Gasteiger partial charge on any atom is 0.412 e. The first-order valence-corrected chi connectivity index (χ1v) is 9.85. The second-order valence-electron chi connectivity index (χ2n) is 7.65. The van der Waals surface area contributed by atoms with Crippen LogP contribution in [0.15, 0.2) is 48.0 Å². The molecule has 2 aromatic rings. The summed E-state index contributed by atoms with van der Waals surface area (Å²) in [6.07, 6.45) is 6.96. The molecular weight excluding hydrogens is 368 g/mol. The molecule has 0 radical (unpaired) electrons. The average Bonchev–Trinajstić information content (AvgIpc) is 3.17. The van der Waals surface area contributed by atoms with Crippen LogP contribution in [0.3, 0.4) is 0 Å². The molecular formula is C21H32N6O2. The molecule has 1 heterocycles. The third kappa shape index (κ3) is 9.14. The first-order chi connectivity index (χ1) is 13.9. The lowest BCUT2D eigenvalue weighted by molar-refractivity contribution is 0.0636. The Morgan fingerprint density at radius 1 is 1.17 bits per heavy atom. The van der Waals surface area contributed by atoms with Crippen LogP contribution in [0.25, 0.3) is 0 Å². The molecule has 0 saturated heterocycles. The maximum absolute atomic E-state index is 11.8. The molecule has 8 nitrogen and oxygen atoms in total. The molecule has 0 aliphatic heterocycles.